The fourth-order valence-electron chi connectivity index (χ4n) is 2.63. The number of alkyl halides is 3. The molecule has 0 radical (unpaired) electrons. The number of hydrogen-bond acceptors (Lipinski definition) is 7. The molecule has 0 spiro atoms. The zero-order valence-electron chi connectivity index (χ0n) is 16.5. The molecule has 9 nitrogen and oxygen atoms in total. The molecule has 3 N–H and O–H groups in total. The van der Waals surface area contributed by atoms with Crippen LogP contribution in [-0.2, 0) is 22.6 Å². The third-order valence-electron chi connectivity index (χ3n) is 3.99. The summed E-state index contributed by atoms with van der Waals surface area (Å²) in [5.41, 5.74) is 5.52. The van der Waals surface area contributed by atoms with E-state index in [4.69, 9.17) is 10.2 Å². The molecule has 0 fully saturated rings. The summed E-state index contributed by atoms with van der Waals surface area (Å²) in [6.45, 7) is 0.304. The van der Waals surface area contributed by atoms with E-state index in [9.17, 15) is 22.8 Å². The van der Waals surface area contributed by atoms with Crippen LogP contribution >= 0.6 is 11.8 Å². The number of benzene rings is 1. The Morgan fingerprint density at radius 1 is 1.19 bits per heavy atom. The number of amides is 2. The van der Waals surface area contributed by atoms with E-state index in [1.165, 1.54) is 18.4 Å². The minimum Gasteiger partial charge on any atom is -0.467 e. The van der Waals surface area contributed by atoms with Gasteiger partial charge in [0, 0.05) is 18.5 Å². The lowest BCUT2D eigenvalue weighted by molar-refractivity contribution is -0.274. The Hall–Kier alpha value is -3.48. The first-order valence-corrected chi connectivity index (χ1v) is 10.2. The maximum Gasteiger partial charge on any atom is 0.573 e. The highest BCUT2D eigenvalue weighted by Gasteiger charge is 2.31. The third-order valence-corrected chi connectivity index (χ3v) is 4.95. The van der Waals surface area contributed by atoms with Crippen molar-refractivity contribution in [1.29, 1.82) is 0 Å². The molecule has 0 saturated heterocycles. The van der Waals surface area contributed by atoms with Crippen LogP contribution in [0.4, 0.5) is 18.9 Å². The normalized spacial score (nSPS) is 11.3. The minimum absolute atomic E-state index is 0.0348. The third kappa shape index (κ3) is 7.04. The molecule has 3 rings (SSSR count). The number of anilines is 1. The largest absolute Gasteiger partial charge is 0.573 e. The van der Waals surface area contributed by atoms with Crippen molar-refractivity contribution < 1.29 is 31.9 Å². The number of hydrogen-bond donors (Lipinski definition) is 2. The predicted octanol–water partition coefficient (Wildman–Crippen LogP) is 2.97. The van der Waals surface area contributed by atoms with E-state index in [0.717, 1.165) is 23.9 Å². The van der Waals surface area contributed by atoms with Gasteiger partial charge in [0.1, 0.15) is 17.3 Å². The first kappa shape index (κ1) is 23.2. The van der Waals surface area contributed by atoms with Crippen LogP contribution in [0.2, 0.25) is 0 Å². The Kier molecular flexibility index (Phi) is 7.41. The zero-order chi connectivity index (χ0) is 23.1. The van der Waals surface area contributed by atoms with Crippen molar-refractivity contribution in [3.8, 4) is 5.75 Å². The first-order valence-electron chi connectivity index (χ1n) is 9.21. The Bertz CT molecular complexity index is 1050. The van der Waals surface area contributed by atoms with Crippen molar-refractivity contribution in [2.45, 2.75) is 30.9 Å². The molecule has 0 bridgehead atoms. The molecule has 3 aromatic rings. The van der Waals surface area contributed by atoms with Gasteiger partial charge < -0.3 is 20.2 Å². The number of carbonyl (C=O) groups is 2. The molecule has 0 aliphatic carbocycles. The summed E-state index contributed by atoms with van der Waals surface area (Å²) in [5, 5.41) is 11.2. The van der Waals surface area contributed by atoms with Crippen LogP contribution < -0.4 is 15.8 Å². The smallest absolute Gasteiger partial charge is 0.467 e. The molecule has 2 heterocycles. The lowest BCUT2D eigenvalue weighted by Gasteiger charge is -2.10. The van der Waals surface area contributed by atoms with Gasteiger partial charge in [-0.3, -0.25) is 14.2 Å². The molecule has 170 valence electrons. The number of aryl methyl sites for hydroxylation is 1. The molecule has 0 unspecified atom stereocenters. The highest BCUT2D eigenvalue weighted by atomic mass is 32.2. The second kappa shape index (κ2) is 10.2. The number of furan rings is 1. The number of ether oxygens (including phenoxy) is 1. The SMILES string of the molecule is NC(=O)CCc1nnc(SCC(=O)Nc2ccc(OC(F)(F)F)cc2)n1Cc1ccco1. The van der Waals surface area contributed by atoms with Crippen LogP contribution in [0, 0.1) is 0 Å². The average molecular weight is 469 g/mol. The lowest BCUT2D eigenvalue weighted by Crippen LogP contribution is -2.17. The van der Waals surface area contributed by atoms with Gasteiger partial charge in [-0.1, -0.05) is 11.8 Å². The van der Waals surface area contributed by atoms with Crippen LogP contribution in [0.15, 0.2) is 52.2 Å². The second-order valence-electron chi connectivity index (χ2n) is 6.44. The van der Waals surface area contributed by atoms with Gasteiger partial charge >= 0.3 is 6.36 Å². The number of rotatable bonds is 10. The molecular weight excluding hydrogens is 451 g/mol. The summed E-state index contributed by atoms with van der Waals surface area (Å²) in [5.74, 6) is -0.142. The van der Waals surface area contributed by atoms with Crippen LogP contribution in [0.1, 0.15) is 18.0 Å². The highest BCUT2D eigenvalue weighted by molar-refractivity contribution is 7.99. The number of carbonyl (C=O) groups excluding carboxylic acids is 2. The van der Waals surface area contributed by atoms with Crippen molar-refractivity contribution in [3.05, 3.63) is 54.2 Å². The van der Waals surface area contributed by atoms with E-state index in [1.807, 2.05) is 0 Å². The fraction of sp³-hybridized carbons (Fsp3) is 0.263. The Balaban J connectivity index is 1.61. The van der Waals surface area contributed by atoms with Crippen LogP contribution in [0.3, 0.4) is 0 Å². The summed E-state index contributed by atoms with van der Waals surface area (Å²) < 4.78 is 47.5. The van der Waals surface area contributed by atoms with Gasteiger partial charge in [0.2, 0.25) is 11.8 Å². The number of primary amides is 1. The van der Waals surface area contributed by atoms with E-state index in [2.05, 4.69) is 20.3 Å². The topological polar surface area (TPSA) is 125 Å². The van der Waals surface area contributed by atoms with E-state index < -0.39 is 18.2 Å². The Morgan fingerprint density at radius 3 is 2.56 bits per heavy atom. The Morgan fingerprint density at radius 2 is 1.94 bits per heavy atom. The number of nitrogens with one attached hydrogen (secondary N) is 1. The molecule has 2 amide bonds. The second-order valence-corrected chi connectivity index (χ2v) is 7.38. The predicted molar refractivity (Wildman–Crippen MR) is 108 cm³/mol. The van der Waals surface area contributed by atoms with Crippen molar-refractivity contribution in [2.75, 3.05) is 11.1 Å². The van der Waals surface area contributed by atoms with Crippen molar-refractivity contribution in [1.82, 2.24) is 14.8 Å². The Labute approximate surface area is 184 Å². The molecule has 2 aromatic heterocycles. The van der Waals surface area contributed by atoms with Gasteiger partial charge in [0.25, 0.3) is 0 Å². The lowest BCUT2D eigenvalue weighted by atomic mass is 10.3. The molecule has 13 heteroatoms. The number of nitrogens with two attached hydrogens (primary N) is 1. The van der Waals surface area contributed by atoms with Gasteiger partial charge in [0.15, 0.2) is 5.16 Å². The molecule has 32 heavy (non-hydrogen) atoms. The van der Waals surface area contributed by atoms with E-state index in [1.54, 1.807) is 16.7 Å². The number of nitrogens with zero attached hydrogens (tertiary/aromatic N) is 3. The van der Waals surface area contributed by atoms with Crippen LogP contribution in [0.25, 0.3) is 0 Å². The van der Waals surface area contributed by atoms with E-state index >= 15 is 0 Å². The number of aromatic nitrogens is 3. The molecule has 0 saturated carbocycles. The summed E-state index contributed by atoms with van der Waals surface area (Å²) in [6.07, 6.45) is -2.89. The van der Waals surface area contributed by atoms with Crippen molar-refractivity contribution in [3.63, 3.8) is 0 Å². The quantitative estimate of drug-likeness (QED) is 0.437. The van der Waals surface area contributed by atoms with E-state index in [0.29, 0.717) is 29.0 Å². The molecule has 0 aliphatic heterocycles. The number of thioether (sulfide) groups is 1. The molecular formula is C19H18F3N5O4S. The van der Waals surface area contributed by atoms with E-state index in [-0.39, 0.29) is 24.3 Å². The van der Waals surface area contributed by atoms with Gasteiger partial charge in [-0.05, 0) is 36.4 Å². The van der Waals surface area contributed by atoms with Crippen LogP contribution in [0.5, 0.6) is 5.75 Å². The summed E-state index contributed by atoms with van der Waals surface area (Å²) >= 11 is 1.11. The fourth-order valence-corrected chi connectivity index (χ4v) is 3.39. The highest BCUT2D eigenvalue weighted by Crippen LogP contribution is 2.24. The zero-order valence-corrected chi connectivity index (χ0v) is 17.3. The monoisotopic (exact) mass is 469 g/mol. The van der Waals surface area contributed by atoms with Gasteiger partial charge in [0.05, 0.1) is 18.6 Å². The van der Waals surface area contributed by atoms with Gasteiger partial charge in [-0.25, -0.2) is 0 Å². The average Bonchev–Trinajstić information content (AvgIpc) is 3.36. The van der Waals surface area contributed by atoms with Crippen molar-refractivity contribution >= 4 is 29.3 Å². The molecule has 0 atom stereocenters. The van der Waals surface area contributed by atoms with Crippen molar-refractivity contribution in [2.24, 2.45) is 5.73 Å². The maximum atomic E-state index is 12.3. The van der Waals surface area contributed by atoms with Crippen LogP contribution in [-0.4, -0.2) is 38.7 Å². The first-order chi connectivity index (χ1) is 15.2. The van der Waals surface area contributed by atoms with Gasteiger partial charge in [-0.15, -0.1) is 23.4 Å². The summed E-state index contributed by atoms with van der Waals surface area (Å²) in [4.78, 5) is 23.4. The molecule has 0 aliphatic rings. The maximum absolute atomic E-state index is 12.3. The summed E-state index contributed by atoms with van der Waals surface area (Å²) in [7, 11) is 0. The molecule has 1 aromatic carbocycles. The minimum atomic E-state index is -4.79. The number of halogens is 3. The summed E-state index contributed by atoms with van der Waals surface area (Å²) in [6, 6.07) is 8.29. The standard InChI is InChI=1S/C19H18F3N5O4S/c20-19(21,22)31-13-5-3-12(4-6-13)24-17(29)11-32-18-26-25-16(8-7-15(23)28)27(18)10-14-2-1-9-30-14/h1-6,9H,7-8,10-11H2,(H2,23,28)(H,24,29). The van der Waals surface area contributed by atoms with Gasteiger partial charge in [-0.2, -0.15) is 0 Å².